The minimum atomic E-state index is 0.264. The van der Waals surface area contributed by atoms with Crippen LogP contribution >= 0.6 is 0 Å². The van der Waals surface area contributed by atoms with E-state index < -0.39 is 0 Å². The third-order valence-corrected chi connectivity index (χ3v) is 4.14. The standard InChI is InChI=1S/C16H22N2/c1-16(11-12-17)9-7-15(8-10-16)18-13-14-5-3-2-4-6-14/h2-6,15,18H,7-11,13H2,1H3/t15-,16-. The van der Waals surface area contributed by atoms with Gasteiger partial charge in [-0.2, -0.15) is 5.26 Å². The number of hydrogen-bond donors (Lipinski definition) is 1. The highest BCUT2D eigenvalue weighted by Gasteiger charge is 2.30. The van der Waals surface area contributed by atoms with Crippen molar-refractivity contribution in [3.63, 3.8) is 0 Å². The van der Waals surface area contributed by atoms with Gasteiger partial charge in [-0.3, -0.25) is 0 Å². The average molecular weight is 242 g/mol. The Morgan fingerprint density at radius 1 is 1.28 bits per heavy atom. The van der Waals surface area contributed by atoms with Crippen molar-refractivity contribution >= 4 is 0 Å². The van der Waals surface area contributed by atoms with Crippen LogP contribution in [0.5, 0.6) is 0 Å². The highest BCUT2D eigenvalue weighted by atomic mass is 14.9. The molecule has 1 saturated carbocycles. The maximum atomic E-state index is 8.84. The van der Waals surface area contributed by atoms with Gasteiger partial charge in [0.2, 0.25) is 0 Å². The summed E-state index contributed by atoms with van der Waals surface area (Å²) in [6, 6.07) is 13.5. The molecule has 96 valence electrons. The van der Waals surface area contributed by atoms with E-state index in [9.17, 15) is 0 Å². The van der Waals surface area contributed by atoms with Crippen LogP contribution in [0.3, 0.4) is 0 Å². The third-order valence-electron chi connectivity index (χ3n) is 4.14. The first kappa shape index (κ1) is 13.1. The van der Waals surface area contributed by atoms with Crippen molar-refractivity contribution in [1.29, 1.82) is 5.26 Å². The summed E-state index contributed by atoms with van der Waals surface area (Å²) < 4.78 is 0. The van der Waals surface area contributed by atoms with Crippen LogP contribution in [0.2, 0.25) is 0 Å². The molecule has 2 rings (SSSR count). The van der Waals surface area contributed by atoms with Crippen LogP contribution in [0.25, 0.3) is 0 Å². The first-order valence-electron chi connectivity index (χ1n) is 6.86. The molecule has 0 aromatic heterocycles. The lowest BCUT2D eigenvalue weighted by atomic mass is 9.72. The molecule has 0 spiro atoms. The molecule has 1 fully saturated rings. The summed E-state index contributed by atoms with van der Waals surface area (Å²) in [7, 11) is 0. The molecule has 0 radical (unpaired) electrons. The topological polar surface area (TPSA) is 35.8 Å². The summed E-state index contributed by atoms with van der Waals surface area (Å²) in [6.45, 7) is 3.21. The monoisotopic (exact) mass is 242 g/mol. The van der Waals surface area contributed by atoms with Gasteiger partial charge in [0.1, 0.15) is 0 Å². The fourth-order valence-electron chi connectivity index (χ4n) is 2.74. The van der Waals surface area contributed by atoms with Crippen LogP contribution in [-0.4, -0.2) is 6.04 Å². The predicted molar refractivity (Wildman–Crippen MR) is 73.9 cm³/mol. The zero-order valence-electron chi connectivity index (χ0n) is 11.2. The van der Waals surface area contributed by atoms with Gasteiger partial charge in [0.25, 0.3) is 0 Å². The Labute approximate surface area is 110 Å². The highest BCUT2D eigenvalue weighted by molar-refractivity contribution is 5.14. The Balaban J connectivity index is 1.76. The van der Waals surface area contributed by atoms with E-state index >= 15 is 0 Å². The predicted octanol–water partition coefficient (Wildman–Crippen LogP) is 3.64. The van der Waals surface area contributed by atoms with Gasteiger partial charge in [0, 0.05) is 19.0 Å². The van der Waals surface area contributed by atoms with Gasteiger partial charge in [-0.1, -0.05) is 37.3 Å². The van der Waals surface area contributed by atoms with Crippen molar-refractivity contribution in [3.05, 3.63) is 35.9 Å². The summed E-state index contributed by atoms with van der Waals surface area (Å²) in [6.07, 6.45) is 5.45. The van der Waals surface area contributed by atoms with Crippen LogP contribution in [-0.2, 0) is 6.54 Å². The lowest BCUT2D eigenvalue weighted by Crippen LogP contribution is -2.36. The molecule has 1 aromatic carbocycles. The molecule has 1 aliphatic rings. The number of rotatable bonds is 4. The van der Waals surface area contributed by atoms with E-state index in [4.69, 9.17) is 5.26 Å². The van der Waals surface area contributed by atoms with Crippen LogP contribution in [0.15, 0.2) is 30.3 Å². The van der Waals surface area contributed by atoms with E-state index in [1.807, 2.05) is 0 Å². The Kier molecular flexibility index (Phi) is 4.38. The van der Waals surface area contributed by atoms with E-state index in [1.165, 1.54) is 31.2 Å². The van der Waals surface area contributed by atoms with E-state index in [-0.39, 0.29) is 5.41 Å². The summed E-state index contributed by atoms with van der Waals surface area (Å²) >= 11 is 0. The number of hydrogen-bond acceptors (Lipinski definition) is 2. The highest BCUT2D eigenvalue weighted by Crippen LogP contribution is 2.38. The third kappa shape index (κ3) is 3.58. The summed E-state index contributed by atoms with van der Waals surface area (Å²) in [5, 5.41) is 12.5. The molecule has 18 heavy (non-hydrogen) atoms. The van der Waals surface area contributed by atoms with Crippen molar-refractivity contribution < 1.29 is 0 Å². The van der Waals surface area contributed by atoms with Gasteiger partial charge in [-0.15, -0.1) is 0 Å². The quantitative estimate of drug-likeness (QED) is 0.875. The molecule has 0 unspecified atom stereocenters. The molecule has 0 amide bonds. The van der Waals surface area contributed by atoms with E-state index in [2.05, 4.69) is 48.6 Å². The number of benzene rings is 1. The second kappa shape index (κ2) is 6.02. The normalized spacial score (nSPS) is 27.7. The van der Waals surface area contributed by atoms with E-state index in [1.54, 1.807) is 0 Å². The summed E-state index contributed by atoms with van der Waals surface area (Å²) in [4.78, 5) is 0. The van der Waals surface area contributed by atoms with Crippen LogP contribution < -0.4 is 5.32 Å². The smallest absolute Gasteiger partial charge is 0.0627 e. The van der Waals surface area contributed by atoms with E-state index in [0.29, 0.717) is 12.5 Å². The summed E-state index contributed by atoms with van der Waals surface area (Å²) in [5.74, 6) is 0. The average Bonchev–Trinajstić information content (AvgIpc) is 2.40. The van der Waals surface area contributed by atoms with Crippen molar-refractivity contribution in [2.24, 2.45) is 5.41 Å². The molecule has 1 N–H and O–H groups in total. The fourth-order valence-corrected chi connectivity index (χ4v) is 2.74. The molecule has 1 aromatic rings. The van der Waals surface area contributed by atoms with Gasteiger partial charge in [-0.25, -0.2) is 0 Å². The molecule has 0 heterocycles. The Morgan fingerprint density at radius 2 is 1.94 bits per heavy atom. The molecule has 2 nitrogen and oxygen atoms in total. The molecule has 0 saturated heterocycles. The van der Waals surface area contributed by atoms with Gasteiger partial charge in [-0.05, 0) is 36.7 Å². The molecule has 2 heteroatoms. The number of nitrogens with one attached hydrogen (secondary N) is 1. The molecule has 0 bridgehead atoms. The lowest BCUT2D eigenvalue weighted by molar-refractivity contribution is 0.188. The maximum absolute atomic E-state index is 8.84. The zero-order chi connectivity index (χ0) is 12.8. The minimum absolute atomic E-state index is 0.264. The minimum Gasteiger partial charge on any atom is -0.310 e. The Bertz CT molecular complexity index is 397. The van der Waals surface area contributed by atoms with Crippen LogP contribution in [0.4, 0.5) is 0 Å². The van der Waals surface area contributed by atoms with E-state index in [0.717, 1.165) is 6.54 Å². The van der Waals surface area contributed by atoms with Crippen LogP contribution in [0, 0.1) is 16.7 Å². The molecule has 1 aliphatic carbocycles. The molecule has 0 aliphatic heterocycles. The largest absolute Gasteiger partial charge is 0.310 e. The van der Waals surface area contributed by atoms with Gasteiger partial charge in [0.05, 0.1) is 6.07 Å². The molecular weight excluding hydrogens is 220 g/mol. The first-order valence-corrected chi connectivity index (χ1v) is 6.86. The lowest BCUT2D eigenvalue weighted by Gasteiger charge is -2.36. The second-order valence-corrected chi connectivity index (χ2v) is 5.79. The molecular formula is C16H22N2. The SMILES string of the molecule is C[C@]1(CC#N)CC[C@H](NCc2ccccc2)CC1. The maximum Gasteiger partial charge on any atom is 0.0627 e. The number of nitriles is 1. The fraction of sp³-hybridized carbons (Fsp3) is 0.562. The Morgan fingerprint density at radius 3 is 2.56 bits per heavy atom. The molecule has 0 atom stereocenters. The second-order valence-electron chi connectivity index (χ2n) is 5.79. The Hall–Kier alpha value is -1.33. The summed E-state index contributed by atoms with van der Waals surface area (Å²) in [5.41, 5.74) is 1.61. The van der Waals surface area contributed by atoms with Gasteiger partial charge >= 0.3 is 0 Å². The van der Waals surface area contributed by atoms with Crippen molar-refractivity contribution in [2.45, 2.75) is 51.6 Å². The first-order chi connectivity index (χ1) is 8.72. The van der Waals surface area contributed by atoms with Crippen LogP contribution in [0.1, 0.15) is 44.6 Å². The number of nitrogens with zero attached hydrogens (tertiary/aromatic N) is 1. The van der Waals surface area contributed by atoms with Crippen molar-refractivity contribution in [2.75, 3.05) is 0 Å². The zero-order valence-corrected chi connectivity index (χ0v) is 11.2. The van der Waals surface area contributed by atoms with Gasteiger partial charge < -0.3 is 5.32 Å². The van der Waals surface area contributed by atoms with Gasteiger partial charge in [0.15, 0.2) is 0 Å². The van der Waals surface area contributed by atoms with Crippen molar-refractivity contribution in [3.8, 4) is 6.07 Å². The van der Waals surface area contributed by atoms with Crippen molar-refractivity contribution in [1.82, 2.24) is 5.32 Å².